The molecule has 2 aromatic rings. The molecule has 8 nitrogen and oxygen atoms in total. The lowest BCUT2D eigenvalue weighted by molar-refractivity contribution is 0.285. The van der Waals surface area contributed by atoms with Crippen molar-refractivity contribution in [1.82, 2.24) is 25.3 Å². The number of sulfonamides is 1. The summed E-state index contributed by atoms with van der Waals surface area (Å²) in [6, 6.07) is 1.46. The van der Waals surface area contributed by atoms with Gasteiger partial charge in [-0.05, 0) is 13.0 Å². The highest BCUT2D eigenvalue weighted by molar-refractivity contribution is 7.89. The van der Waals surface area contributed by atoms with Gasteiger partial charge in [-0.2, -0.15) is 5.21 Å². The number of aliphatic hydroxyl groups excluding tert-OH is 1. The van der Waals surface area contributed by atoms with Crippen LogP contribution in [0.4, 0.5) is 0 Å². The second kappa shape index (κ2) is 5.10. The summed E-state index contributed by atoms with van der Waals surface area (Å²) in [7, 11) is -3.63. The Bertz CT molecular complexity index is 619. The molecule has 0 aliphatic carbocycles. The number of hydrogen-bond donors (Lipinski definition) is 3. The Kier molecular flexibility index (Phi) is 3.71. The standard InChI is InChI=1S/C8H11N5O3S2/c1-5-7(2-6(4-14)17-5)18(15,16)9-3-8-10-12-13-11-8/h2,9,14H,3-4H2,1H3,(H,10,11,12,13). The van der Waals surface area contributed by atoms with E-state index in [1.165, 1.54) is 17.4 Å². The smallest absolute Gasteiger partial charge is 0.242 e. The zero-order valence-electron chi connectivity index (χ0n) is 9.41. The number of H-pyrrole nitrogens is 1. The summed E-state index contributed by atoms with van der Waals surface area (Å²) in [6.45, 7) is 1.47. The van der Waals surface area contributed by atoms with Crippen LogP contribution in [0.25, 0.3) is 0 Å². The Hall–Kier alpha value is -1.36. The van der Waals surface area contributed by atoms with Crippen molar-refractivity contribution in [1.29, 1.82) is 0 Å². The molecule has 18 heavy (non-hydrogen) atoms. The first-order valence-corrected chi connectivity index (χ1v) is 7.25. The normalized spacial score (nSPS) is 11.9. The first-order chi connectivity index (χ1) is 8.53. The monoisotopic (exact) mass is 289 g/mol. The molecule has 10 heteroatoms. The molecule has 98 valence electrons. The highest BCUT2D eigenvalue weighted by Crippen LogP contribution is 2.25. The average molecular weight is 289 g/mol. The van der Waals surface area contributed by atoms with Gasteiger partial charge in [-0.15, -0.1) is 21.5 Å². The Balaban J connectivity index is 2.17. The number of nitrogens with one attached hydrogen (secondary N) is 2. The van der Waals surface area contributed by atoms with Gasteiger partial charge in [0, 0.05) is 9.75 Å². The van der Waals surface area contributed by atoms with Crippen LogP contribution in [-0.2, 0) is 23.2 Å². The summed E-state index contributed by atoms with van der Waals surface area (Å²) in [5.41, 5.74) is 0. The van der Waals surface area contributed by atoms with Gasteiger partial charge in [0.05, 0.1) is 18.0 Å². The van der Waals surface area contributed by atoms with E-state index >= 15 is 0 Å². The van der Waals surface area contributed by atoms with E-state index in [1.54, 1.807) is 6.92 Å². The van der Waals surface area contributed by atoms with Crippen LogP contribution in [0.1, 0.15) is 15.6 Å². The Labute approximate surface area is 107 Å². The molecule has 0 unspecified atom stereocenters. The van der Waals surface area contributed by atoms with E-state index in [9.17, 15) is 8.42 Å². The molecule has 0 saturated heterocycles. The lowest BCUT2D eigenvalue weighted by Gasteiger charge is -2.03. The van der Waals surface area contributed by atoms with E-state index in [2.05, 4.69) is 25.3 Å². The van der Waals surface area contributed by atoms with Crippen LogP contribution in [0.3, 0.4) is 0 Å². The maximum atomic E-state index is 12.0. The summed E-state index contributed by atoms with van der Waals surface area (Å²) in [6.07, 6.45) is 0. The quantitative estimate of drug-likeness (QED) is 0.685. The topological polar surface area (TPSA) is 121 Å². The van der Waals surface area contributed by atoms with Crippen LogP contribution in [0.5, 0.6) is 0 Å². The fourth-order valence-corrected chi connectivity index (χ4v) is 3.84. The van der Waals surface area contributed by atoms with Gasteiger partial charge in [-0.25, -0.2) is 13.1 Å². The molecular formula is C8H11N5O3S2. The third kappa shape index (κ3) is 2.72. The van der Waals surface area contributed by atoms with Crippen LogP contribution in [-0.4, -0.2) is 34.1 Å². The molecule has 0 fully saturated rings. The lowest BCUT2D eigenvalue weighted by atomic mass is 10.4. The second-order valence-electron chi connectivity index (χ2n) is 3.44. The van der Waals surface area contributed by atoms with Crippen molar-refractivity contribution in [2.75, 3.05) is 0 Å². The molecule has 0 atom stereocenters. The molecule has 0 aromatic carbocycles. The van der Waals surface area contributed by atoms with Gasteiger partial charge in [-0.3, -0.25) is 0 Å². The zero-order valence-corrected chi connectivity index (χ0v) is 11.0. The molecular weight excluding hydrogens is 278 g/mol. The first kappa shape index (κ1) is 13.1. The van der Waals surface area contributed by atoms with Crippen LogP contribution >= 0.6 is 11.3 Å². The van der Waals surface area contributed by atoms with Gasteiger partial charge in [0.25, 0.3) is 0 Å². The van der Waals surface area contributed by atoms with Crippen LogP contribution in [0.15, 0.2) is 11.0 Å². The number of aryl methyl sites for hydroxylation is 1. The second-order valence-corrected chi connectivity index (χ2v) is 6.52. The number of tetrazole rings is 1. The van der Waals surface area contributed by atoms with Crippen molar-refractivity contribution in [2.24, 2.45) is 0 Å². The largest absolute Gasteiger partial charge is 0.391 e. The number of hydrogen-bond acceptors (Lipinski definition) is 7. The molecule has 0 aliphatic rings. The fraction of sp³-hybridized carbons (Fsp3) is 0.375. The minimum absolute atomic E-state index is 0.0391. The van der Waals surface area contributed by atoms with Crippen LogP contribution in [0.2, 0.25) is 0 Å². The minimum atomic E-state index is -3.63. The van der Waals surface area contributed by atoms with E-state index in [4.69, 9.17) is 5.11 Å². The van der Waals surface area contributed by atoms with E-state index < -0.39 is 10.0 Å². The van der Waals surface area contributed by atoms with E-state index in [0.717, 1.165) is 0 Å². The van der Waals surface area contributed by atoms with Crippen molar-refractivity contribution < 1.29 is 13.5 Å². The summed E-state index contributed by atoms with van der Waals surface area (Å²) in [5.74, 6) is 0.258. The number of aromatic nitrogens is 4. The summed E-state index contributed by atoms with van der Waals surface area (Å²) < 4.78 is 26.4. The number of rotatable bonds is 5. The van der Waals surface area contributed by atoms with Crippen molar-refractivity contribution in [2.45, 2.75) is 25.0 Å². The maximum Gasteiger partial charge on any atom is 0.242 e. The molecule has 0 aliphatic heterocycles. The SMILES string of the molecule is Cc1sc(CO)cc1S(=O)(=O)NCc1nn[nH]n1. The van der Waals surface area contributed by atoms with Gasteiger partial charge < -0.3 is 5.11 Å². The van der Waals surface area contributed by atoms with E-state index in [0.29, 0.717) is 9.75 Å². The van der Waals surface area contributed by atoms with Crippen LogP contribution in [0, 0.1) is 6.92 Å². The van der Waals surface area contributed by atoms with Gasteiger partial charge in [0.1, 0.15) is 0 Å². The van der Waals surface area contributed by atoms with Crippen molar-refractivity contribution in [3.05, 3.63) is 21.6 Å². The van der Waals surface area contributed by atoms with E-state index in [-0.39, 0.29) is 23.9 Å². The van der Waals surface area contributed by atoms with Gasteiger partial charge in [-0.1, -0.05) is 5.21 Å². The van der Waals surface area contributed by atoms with E-state index in [1.807, 2.05) is 0 Å². The van der Waals surface area contributed by atoms with Crippen molar-refractivity contribution in [3.63, 3.8) is 0 Å². The highest BCUT2D eigenvalue weighted by atomic mass is 32.2. The predicted octanol–water partition coefficient (Wildman–Crippen LogP) is -0.460. The first-order valence-electron chi connectivity index (χ1n) is 4.95. The number of nitrogens with zero attached hydrogens (tertiary/aromatic N) is 3. The molecule has 0 radical (unpaired) electrons. The van der Waals surface area contributed by atoms with Gasteiger partial charge in [0.15, 0.2) is 5.82 Å². The zero-order chi connectivity index (χ0) is 13.2. The number of aliphatic hydroxyl groups is 1. The lowest BCUT2D eigenvalue weighted by Crippen LogP contribution is -2.24. The molecule has 0 spiro atoms. The third-order valence-electron chi connectivity index (χ3n) is 2.18. The summed E-state index contributed by atoms with van der Waals surface area (Å²) >= 11 is 1.25. The van der Waals surface area contributed by atoms with Crippen molar-refractivity contribution >= 4 is 21.4 Å². The minimum Gasteiger partial charge on any atom is -0.391 e. The Morgan fingerprint density at radius 2 is 2.33 bits per heavy atom. The Morgan fingerprint density at radius 1 is 1.56 bits per heavy atom. The number of thiophene rings is 1. The maximum absolute atomic E-state index is 12.0. The molecule has 0 amide bonds. The predicted molar refractivity (Wildman–Crippen MR) is 63.2 cm³/mol. The van der Waals surface area contributed by atoms with Gasteiger partial charge in [0.2, 0.25) is 10.0 Å². The number of aromatic amines is 1. The van der Waals surface area contributed by atoms with Crippen LogP contribution < -0.4 is 4.72 Å². The third-order valence-corrected chi connectivity index (χ3v) is 4.87. The highest BCUT2D eigenvalue weighted by Gasteiger charge is 2.20. The fourth-order valence-electron chi connectivity index (χ4n) is 1.36. The average Bonchev–Trinajstić information content (AvgIpc) is 2.95. The molecule has 2 aromatic heterocycles. The molecule has 2 heterocycles. The molecule has 2 rings (SSSR count). The molecule has 3 N–H and O–H groups in total. The van der Waals surface area contributed by atoms with Crippen molar-refractivity contribution in [3.8, 4) is 0 Å². The Morgan fingerprint density at radius 3 is 2.89 bits per heavy atom. The molecule has 0 saturated carbocycles. The summed E-state index contributed by atoms with van der Waals surface area (Å²) in [4.78, 5) is 1.40. The molecule has 0 bridgehead atoms. The van der Waals surface area contributed by atoms with Gasteiger partial charge >= 0.3 is 0 Å². The summed E-state index contributed by atoms with van der Waals surface area (Å²) in [5, 5.41) is 21.8.